The van der Waals surface area contributed by atoms with Crippen molar-refractivity contribution in [2.24, 2.45) is 0 Å². The van der Waals surface area contributed by atoms with Crippen LogP contribution in [0.25, 0.3) is 16.7 Å². The Kier molecular flexibility index (Phi) is 4.26. The van der Waals surface area contributed by atoms with Crippen LogP contribution in [0.2, 0.25) is 0 Å². The second kappa shape index (κ2) is 6.72. The molecule has 0 bridgehead atoms. The lowest BCUT2D eigenvalue weighted by Crippen LogP contribution is -2.14. The average Bonchev–Trinajstić information content (AvgIpc) is 3.13. The molecule has 0 saturated heterocycles. The van der Waals surface area contributed by atoms with Gasteiger partial charge in [-0.1, -0.05) is 30.0 Å². The number of amides is 1. The first kappa shape index (κ1) is 16.5. The highest BCUT2D eigenvalue weighted by Crippen LogP contribution is 2.24. The van der Waals surface area contributed by atoms with Crippen LogP contribution in [0.1, 0.15) is 5.56 Å². The van der Waals surface area contributed by atoms with Gasteiger partial charge >= 0.3 is 0 Å². The maximum Gasteiger partial charge on any atom is 0.234 e. The van der Waals surface area contributed by atoms with Crippen LogP contribution >= 0.6 is 11.8 Å². The topological polar surface area (TPSA) is 72.2 Å². The second-order valence-corrected chi connectivity index (χ2v) is 6.70. The van der Waals surface area contributed by atoms with Crippen molar-refractivity contribution in [3.63, 3.8) is 0 Å². The summed E-state index contributed by atoms with van der Waals surface area (Å²) >= 11 is 1.26. The van der Waals surface area contributed by atoms with Crippen LogP contribution in [-0.4, -0.2) is 31.2 Å². The number of nitrogens with zero attached hydrogens (tertiary/aromatic N) is 4. The second-order valence-electron chi connectivity index (χ2n) is 5.73. The fourth-order valence-electron chi connectivity index (χ4n) is 2.58. The molecule has 4 aromatic rings. The Labute approximate surface area is 152 Å². The molecule has 0 aliphatic heterocycles. The van der Waals surface area contributed by atoms with Crippen molar-refractivity contribution in [1.29, 1.82) is 0 Å². The summed E-state index contributed by atoms with van der Waals surface area (Å²) < 4.78 is 15.4. The van der Waals surface area contributed by atoms with E-state index in [9.17, 15) is 9.18 Å². The molecule has 0 aliphatic rings. The van der Waals surface area contributed by atoms with Gasteiger partial charge in [0.1, 0.15) is 17.2 Å². The number of hydrogen-bond donors (Lipinski definition) is 1. The van der Waals surface area contributed by atoms with Crippen LogP contribution in [0.4, 0.5) is 10.1 Å². The van der Waals surface area contributed by atoms with E-state index in [1.807, 2.05) is 28.7 Å². The van der Waals surface area contributed by atoms with Gasteiger partial charge in [-0.05, 0) is 36.8 Å². The normalized spacial score (nSPS) is 11.2. The molecular formula is C18H14FN5OS. The number of benzene rings is 2. The lowest BCUT2D eigenvalue weighted by atomic mass is 10.2. The van der Waals surface area contributed by atoms with E-state index in [1.54, 1.807) is 25.4 Å². The molecule has 0 atom stereocenters. The van der Waals surface area contributed by atoms with Gasteiger partial charge < -0.3 is 5.32 Å². The summed E-state index contributed by atoms with van der Waals surface area (Å²) in [7, 11) is 0. The number of anilines is 1. The zero-order valence-electron chi connectivity index (χ0n) is 13.8. The first-order valence-corrected chi connectivity index (χ1v) is 8.87. The van der Waals surface area contributed by atoms with E-state index >= 15 is 0 Å². The Morgan fingerprint density at radius 2 is 2.12 bits per heavy atom. The lowest BCUT2D eigenvalue weighted by Gasteiger charge is -2.08. The predicted molar refractivity (Wildman–Crippen MR) is 98.8 cm³/mol. The minimum atomic E-state index is -0.350. The molecular weight excluding hydrogens is 353 g/mol. The first-order valence-electron chi connectivity index (χ1n) is 7.89. The Hall–Kier alpha value is -3.00. The van der Waals surface area contributed by atoms with Gasteiger partial charge in [0, 0.05) is 5.69 Å². The largest absolute Gasteiger partial charge is 0.325 e. The van der Waals surface area contributed by atoms with Crippen LogP contribution < -0.4 is 5.32 Å². The Balaban J connectivity index is 1.54. The van der Waals surface area contributed by atoms with Crippen molar-refractivity contribution in [1.82, 2.24) is 19.6 Å². The molecule has 2 aromatic carbocycles. The monoisotopic (exact) mass is 367 g/mol. The maximum atomic E-state index is 13.6. The summed E-state index contributed by atoms with van der Waals surface area (Å²) in [5.41, 5.74) is 3.26. The molecule has 0 unspecified atom stereocenters. The minimum absolute atomic E-state index is 0.128. The lowest BCUT2D eigenvalue weighted by molar-refractivity contribution is -0.113. The Morgan fingerprint density at radius 1 is 1.27 bits per heavy atom. The number of thioether (sulfide) groups is 1. The van der Waals surface area contributed by atoms with Gasteiger partial charge in [-0.3, -0.25) is 9.20 Å². The molecule has 130 valence electrons. The van der Waals surface area contributed by atoms with Crippen molar-refractivity contribution in [2.45, 2.75) is 11.9 Å². The van der Waals surface area contributed by atoms with Crippen LogP contribution in [0.15, 0.2) is 53.8 Å². The molecule has 0 fully saturated rings. The summed E-state index contributed by atoms with van der Waals surface area (Å²) in [6, 6.07) is 12.3. The van der Waals surface area contributed by atoms with Crippen LogP contribution in [-0.2, 0) is 4.79 Å². The van der Waals surface area contributed by atoms with Gasteiger partial charge in [-0.2, -0.15) is 0 Å². The number of halogens is 1. The summed E-state index contributed by atoms with van der Waals surface area (Å²) in [4.78, 5) is 16.8. The number of carbonyl (C=O) groups is 1. The van der Waals surface area contributed by atoms with Gasteiger partial charge in [0.05, 0.1) is 16.8 Å². The van der Waals surface area contributed by atoms with Gasteiger partial charge in [0.2, 0.25) is 5.91 Å². The van der Waals surface area contributed by atoms with E-state index in [-0.39, 0.29) is 17.5 Å². The molecule has 1 amide bonds. The van der Waals surface area contributed by atoms with Gasteiger partial charge in [0.25, 0.3) is 0 Å². The number of fused-ring (bicyclic) bond motifs is 3. The van der Waals surface area contributed by atoms with Crippen molar-refractivity contribution in [3.05, 3.63) is 60.2 Å². The van der Waals surface area contributed by atoms with Gasteiger partial charge in [-0.25, -0.2) is 9.37 Å². The summed E-state index contributed by atoms with van der Waals surface area (Å²) in [5, 5.41) is 11.3. The van der Waals surface area contributed by atoms with Crippen LogP contribution in [0.5, 0.6) is 0 Å². The summed E-state index contributed by atoms with van der Waals surface area (Å²) in [6.45, 7) is 1.67. The van der Waals surface area contributed by atoms with E-state index in [0.717, 1.165) is 11.0 Å². The first-order chi connectivity index (χ1) is 12.6. The number of rotatable bonds is 4. The smallest absolute Gasteiger partial charge is 0.234 e. The summed E-state index contributed by atoms with van der Waals surface area (Å²) in [6.07, 6.45) is 1.62. The van der Waals surface area contributed by atoms with E-state index < -0.39 is 0 Å². The standard InChI is InChI=1S/C18H14FN5OS/c1-11-6-7-12(8-13(11)19)21-16(25)9-26-18-17-23-20-10-24(17)15-5-3-2-4-14(15)22-18/h2-8,10H,9H2,1H3,(H,21,25). The molecule has 0 aliphatic carbocycles. The molecule has 0 radical (unpaired) electrons. The molecule has 0 saturated carbocycles. The zero-order valence-corrected chi connectivity index (χ0v) is 14.6. The molecule has 2 heterocycles. The molecule has 26 heavy (non-hydrogen) atoms. The highest BCUT2D eigenvalue weighted by molar-refractivity contribution is 8.00. The number of hydrogen-bond acceptors (Lipinski definition) is 5. The van der Waals surface area contributed by atoms with Crippen molar-refractivity contribution in [3.8, 4) is 0 Å². The Bertz CT molecular complexity index is 1130. The number of aryl methyl sites for hydroxylation is 1. The Morgan fingerprint density at radius 3 is 2.96 bits per heavy atom. The molecule has 1 N–H and O–H groups in total. The van der Waals surface area contributed by atoms with Crippen LogP contribution in [0.3, 0.4) is 0 Å². The quantitative estimate of drug-likeness (QED) is 0.559. The predicted octanol–water partition coefficient (Wildman–Crippen LogP) is 3.46. The highest BCUT2D eigenvalue weighted by Gasteiger charge is 2.13. The SMILES string of the molecule is Cc1ccc(NC(=O)CSc2nc3ccccc3n3cnnc23)cc1F. The number of nitrogens with one attached hydrogen (secondary N) is 1. The number of carbonyl (C=O) groups excluding carboxylic acids is 1. The van der Waals surface area contributed by atoms with Gasteiger partial charge in [0.15, 0.2) is 5.65 Å². The highest BCUT2D eigenvalue weighted by atomic mass is 32.2. The third-order valence-corrected chi connectivity index (χ3v) is 4.85. The third kappa shape index (κ3) is 3.11. The van der Waals surface area contributed by atoms with Crippen molar-refractivity contribution in [2.75, 3.05) is 11.1 Å². The van der Waals surface area contributed by atoms with Gasteiger partial charge in [-0.15, -0.1) is 10.2 Å². The fourth-order valence-corrected chi connectivity index (χ4v) is 3.35. The molecule has 0 spiro atoms. The number of aromatic nitrogens is 4. The number of para-hydroxylation sites is 2. The van der Waals surface area contributed by atoms with E-state index in [0.29, 0.717) is 21.9 Å². The maximum absolute atomic E-state index is 13.6. The summed E-state index contributed by atoms with van der Waals surface area (Å²) in [5.74, 6) is -0.466. The molecule has 2 aromatic heterocycles. The van der Waals surface area contributed by atoms with E-state index in [4.69, 9.17) is 0 Å². The minimum Gasteiger partial charge on any atom is -0.325 e. The molecule has 8 heteroatoms. The molecule has 6 nitrogen and oxygen atoms in total. The van der Waals surface area contributed by atoms with Crippen molar-refractivity contribution >= 4 is 40.0 Å². The van der Waals surface area contributed by atoms with Crippen molar-refractivity contribution < 1.29 is 9.18 Å². The van der Waals surface area contributed by atoms with E-state index in [1.165, 1.54) is 17.8 Å². The average molecular weight is 367 g/mol. The third-order valence-electron chi connectivity index (χ3n) is 3.90. The molecule has 4 rings (SSSR count). The van der Waals surface area contributed by atoms with E-state index in [2.05, 4.69) is 20.5 Å². The van der Waals surface area contributed by atoms with Crippen LogP contribution in [0, 0.1) is 12.7 Å². The zero-order chi connectivity index (χ0) is 18.1. The fraction of sp³-hybridized carbons (Fsp3) is 0.111.